The van der Waals surface area contributed by atoms with E-state index < -0.39 is 21.0 Å². The maximum Gasteiger partial charge on any atom is 0.250 e. The summed E-state index contributed by atoms with van der Waals surface area (Å²) in [5.74, 6) is -0.765. The SMILES string of the molecule is CC(C(=O)NC1CC1)S(=O)(=O)Cc1ccn(C)c(=O)c1. The van der Waals surface area contributed by atoms with Crippen molar-refractivity contribution in [2.24, 2.45) is 7.05 Å². The van der Waals surface area contributed by atoms with Crippen LogP contribution in [-0.2, 0) is 27.4 Å². The topological polar surface area (TPSA) is 85.2 Å². The molecule has 0 aliphatic heterocycles. The monoisotopic (exact) mass is 298 g/mol. The van der Waals surface area contributed by atoms with Gasteiger partial charge < -0.3 is 9.88 Å². The minimum absolute atomic E-state index is 0.129. The van der Waals surface area contributed by atoms with Gasteiger partial charge in [0, 0.05) is 25.4 Å². The lowest BCUT2D eigenvalue weighted by atomic mass is 10.3. The third kappa shape index (κ3) is 3.47. The number of nitrogens with zero attached hydrogens (tertiary/aromatic N) is 1. The molecule has 110 valence electrons. The summed E-state index contributed by atoms with van der Waals surface area (Å²) in [5, 5.41) is 1.58. The first-order valence-corrected chi connectivity index (χ1v) is 8.18. The highest BCUT2D eigenvalue weighted by Crippen LogP contribution is 2.19. The number of pyridine rings is 1. The normalized spacial score (nSPS) is 16.7. The van der Waals surface area contributed by atoms with Crippen molar-refractivity contribution in [2.75, 3.05) is 0 Å². The van der Waals surface area contributed by atoms with E-state index in [2.05, 4.69) is 5.32 Å². The third-order valence-electron chi connectivity index (χ3n) is 3.37. The predicted octanol–water partition coefficient (Wildman–Crippen LogP) is -0.0328. The second-order valence-corrected chi connectivity index (χ2v) is 7.54. The maximum absolute atomic E-state index is 12.2. The molecule has 0 aromatic carbocycles. The van der Waals surface area contributed by atoms with Gasteiger partial charge in [-0.1, -0.05) is 0 Å². The van der Waals surface area contributed by atoms with Crippen molar-refractivity contribution in [3.05, 3.63) is 34.2 Å². The molecule has 1 aromatic heterocycles. The van der Waals surface area contributed by atoms with Crippen LogP contribution in [0.4, 0.5) is 0 Å². The van der Waals surface area contributed by atoms with E-state index in [1.165, 1.54) is 23.8 Å². The lowest BCUT2D eigenvalue weighted by Gasteiger charge is -2.13. The Morgan fingerprint density at radius 1 is 1.50 bits per heavy atom. The molecule has 1 N–H and O–H groups in total. The number of amides is 1. The lowest BCUT2D eigenvalue weighted by Crippen LogP contribution is -2.39. The molecule has 7 heteroatoms. The molecule has 2 rings (SSSR count). The van der Waals surface area contributed by atoms with Crippen LogP contribution in [0, 0.1) is 0 Å². The first-order chi connectivity index (χ1) is 9.29. The van der Waals surface area contributed by atoms with Crippen LogP contribution in [0.25, 0.3) is 0 Å². The molecular weight excluding hydrogens is 280 g/mol. The molecule has 1 aliphatic rings. The molecule has 1 aliphatic carbocycles. The number of nitrogens with one attached hydrogen (secondary N) is 1. The molecule has 1 fully saturated rings. The first-order valence-electron chi connectivity index (χ1n) is 6.47. The van der Waals surface area contributed by atoms with Crippen molar-refractivity contribution in [2.45, 2.75) is 36.8 Å². The molecule has 1 unspecified atom stereocenters. The van der Waals surface area contributed by atoms with E-state index in [-0.39, 0.29) is 17.4 Å². The zero-order chi connectivity index (χ0) is 14.9. The summed E-state index contributed by atoms with van der Waals surface area (Å²) in [6.07, 6.45) is 3.34. The fourth-order valence-corrected chi connectivity index (χ4v) is 3.03. The Bertz CT molecular complexity index is 674. The maximum atomic E-state index is 12.2. The van der Waals surface area contributed by atoms with Gasteiger partial charge in [-0.05, 0) is 31.4 Å². The lowest BCUT2D eigenvalue weighted by molar-refractivity contribution is -0.120. The predicted molar refractivity (Wildman–Crippen MR) is 74.9 cm³/mol. The van der Waals surface area contributed by atoms with Gasteiger partial charge in [-0.3, -0.25) is 9.59 Å². The van der Waals surface area contributed by atoms with Crippen LogP contribution in [0.15, 0.2) is 23.1 Å². The molecule has 1 heterocycles. The molecule has 0 bridgehead atoms. The van der Waals surface area contributed by atoms with E-state index >= 15 is 0 Å². The number of carbonyl (C=O) groups excluding carboxylic acids is 1. The third-order valence-corrected chi connectivity index (χ3v) is 5.40. The fraction of sp³-hybridized carbons (Fsp3) is 0.538. The second-order valence-electron chi connectivity index (χ2n) is 5.22. The smallest absolute Gasteiger partial charge is 0.250 e. The summed E-state index contributed by atoms with van der Waals surface area (Å²) in [6, 6.07) is 2.98. The molecule has 1 amide bonds. The highest BCUT2D eigenvalue weighted by molar-refractivity contribution is 7.92. The van der Waals surface area contributed by atoms with E-state index in [0.29, 0.717) is 5.56 Å². The van der Waals surface area contributed by atoms with Crippen LogP contribution in [0.5, 0.6) is 0 Å². The summed E-state index contributed by atoms with van der Waals surface area (Å²) in [4.78, 5) is 23.3. The van der Waals surface area contributed by atoms with Crippen molar-refractivity contribution in [3.8, 4) is 0 Å². The number of aromatic nitrogens is 1. The van der Waals surface area contributed by atoms with E-state index in [1.807, 2.05) is 0 Å². The van der Waals surface area contributed by atoms with E-state index in [0.717, 1.165) is 12.8 Å². The zero-order valence-corrected chi connectivity index (χ0v) is 12.3. The standard InChI is InChI=1S/C13H18N2O4S/c1-9(13(17)14-11-3-4-11)20(18,19)8-10-5-6-15(2)12(16)7-10/h5-7,9,11H,3-4,8H2,1-2H3,(H,14,17). The minimum atomic E-state index is -3.62. The highest BCUT2D eigenvalue weighted by atomic mass is 32.2. The summed E-state index contributed by atoms with van der Waals surface area (Å²) in [7, 11) is -2.03. The Hall–Kier alpha value is -1.63. The molecule has 6 nitrogen and oxygen atoms in total. The van der Waals surface area contributed by atoms with Crippen molar-refractivity contribution >= 4 is 15.7 Å². The quantitative estimate of drug-likeness (QED) is 0.827. The van der Waals surface area contributed by atoms with Gasteiger partial charge in [0.1, 0.15) is 5.25 Å². The van der Waals surface area contributed by atoms with E-state index in [4.69, 9.17) is 0 Å². The van der Waals surface area contributed by atoms with Crippen LogP contribution < -0.4 is 10.9 Å². The number of hydrogen-bond acceptors (Lipinski definition) is 4. The van der Waals surface area contributed by atoms with E-state index in [1.54, 1.807) is 13.1 Å². The molecule has 1 atom stereocenters. The summed E-state index contributed by atoms with van der Waals surface area (Å²) in [6.45, 7) is 1.38. The van der Waals surface area contributed by atoms with Gasteiger partial charge in [0.25, 0.3) is 5.56 Å². The molecule has 0 spiro atoms. The molecule has 1 aromatic rings. The summed E-state index contributed by atoms with van der Waals surface area (Å²) in [5.41, 5.74) is 0.131. The number of rotatable bonds is 5. The average Bonchev–Trinajstić information content (AvgIpc) is 3.16. The molecule has 1 saturated carbocycles. The molecular formula is C13H18N2O4S. The van der Waals surface area contributed by atoms with Gasteiger partial charge in [-0.2, -0.15) is 0 Å². The first kappa shape index (κ1) is 14.8. The van der Waals surface area contributed by atoms with Gasteiger partial charge in [0.2, 0.25) is 5.91 Å². The Morgan fingerprint density at radius 2 is 2.15 bits per heavy atom. The second kappa shape index (κ2) is 5.40. The highest BCUT2D eigenvalue weighted by Gasteiger charge is 2.32. The van der Waals surface area contributed by atoms with Gasteiger partial charge in [0.05, 0.1) is 5.75 Å². The van der Waals surface area contributed by atoms with Gasteiger partial charge in [-0.25, -0.2) is 8.42 Å². The van der Waals surface area contributed by atoms with Gasteiger partial charge >= 0.3 is 0 Å². The number of sulfone groups is 1. The Kier molecular flexibility index (Phi) is 3.99. The van der Waals surface area contributed by atoms with Crippen LogP contribution >= 0.6 is 0 Å². The van der Waals surface area contributed by atoms with Crippen LogP contribution in [-0.4, -0.2) is 30.2 Å². The van der Waals surface area contributed by atoms with Crippen molar-refractivity contribution in [1.29, 1.82) is 0 Å². The number of carbonyl (C=O) groups is 1. The molecule has 20 heavy (non-hydrogen) atoms. The Balaban J connectivity index is 2.10. The fourth-order valence-electron chi connectivity index (χ4n) is 1.75. The van der Waals surface area contributed by atoms with Crippen molar-refractivity contribution in [3.63, 3.8) is 0 Å². The number of aryl methyl sites for hydroxylation is 1. The Morgan fingerprint density at radius 3 is 2.70 bits per heavy atom. The molecule has 0 saturated heterocycles. The van der Waals surface area contributed by atoms with Crippen LogP contribution in [0.2, 0.25) is 0 Å². The zero-order valence-electron chi connectivity index (χ0n) is 11.5. The largest absolute Gasteiger partial charge is 0.352 e. The van der Waals surface area contributed by atoms with Crippen LogP contribution in [0.1, 0.15) is 25.3 Å². The van der Waals surface area contributed by atoms with E-state index in [9.17, 15) is 18.0 Å². The minimum Gasteiger partial charge on any atom is -0.352 e. The number of hydrogen-bond donors (Lipinski definition) is 1. The Labute approximate surface area is 117 Å². The van der Waals surface area contributed by atoms with Crippen molar-refractivity contribution in [1.82, 2.24) is 9.88 Å². The average molecular weight is 298 g/mol. The summed E-state index contributed by atoms with van der Waals surface area (Å²) < 4.78 is 25.7. The van der Waals surface area contributed by atoms with Gasteiger partial charge in [-0.15, -0.1) is 0 Å². The van der Waals surface area contributed by atoms with Gasteiger partial charge in [0.15, 0.2) is 9.84 Å². The summed E-state index contributed by atoms with van der Waals surface area (Å²) >= 11 is 0. The van der Waals surface area contributed by atoms with Crippen molar-refractivity contribution < 1.29 is 13.2 Å². The van der Waals surface area contributed by atoms with Crippen LogP contribution in [0.3, 0.4) is 0 Å². The molecule has 0 radical (unpaired) electrons.